The smallest absolute Gasteiger partial charge is 0.253 e. The summed E-state index contributed by atoms with van der Waals surface area (Å²) >= 11 is 1.23. The van der Waals surface area contributed by atoms with Crippen molar-refractivity contribution in [3.63, 3.8) is 0 Å². The summed E-state index contributed by atoms with van der Waals surface area (Å²) in [5.74, 6) is 0.691. The summed E-state index contributed by atoms with van der Waals surface area (Å²) in [6, 6.07) is 0. The van der Waals surface area contributed by atoms with Gasteiger partial charge in [0.15, 0.2) is 0 Å². The molecule has 19 heavy (non-hydrogen) atoms. The fraction of sp³-hybridized carbons (Fsp3) is 0.571. The first-order valence-electron chi connectivity index (χ1n) is 6.79. The van der Waals surface area contributed by atoms with Gasteiger partial charge in [0.25, 0.3) is 5.88 Å². The van der Waals surface area contributed by atoms with Crippen molar-refractivity contribution in [2.45, 2.75) is 26.2 Å². The van der Waals surface area contributed by atoms with E-state index in [4.69, 9.17) is 4.74 Å². The number of hydrogen-bond acceptors (Lipinski definition) is 5. The zero-order valence-electron chi connectivity index (χ0n) is 11.6. The maximum absolute atomic E-state index is 5.74. The van der Waals surface area contributed by atoms with Crippen LogP contribution < -0.4 is 4.74 Å². The Balaban J connectivity index is 1.94. The van der Waals surface area contributed by atoms with E-state index in [1.807, 2.05) is 0 Å². The van der Waals surface area contributed by atoms with Crippen LogP contribution in [0.4, 0.5) is 0 Å². The first kappa shape index (κ1) is 14.2. The molecule has 2 heterocycles. The van der Waals surface area contributed by atoms with Gasteiger partial charge in [0.2, 0.25) is 0 Å². The molecule has 1 aromatic rings. The maximum atomic E-state index is 5.74. The molecule has 0 unspecified atom stereocenters. The van der Waals surface area contributed by atoms with Gasteiger partial charge >= 0.3 is 0 Å². The Kier molecular flexibility index (Phi) is 5.54. The normalized spacial score (nSPS) is 16.8. The third-order valence-corrected chi connectivity index (χ3v) is 3.54. The van der Waals surface area contributed by atoms with E-state index in [0.29, 0.717) is 12.5 Å². The van der Waals surface area contributed by atoms with E-state index in [-0.39, 0.29) is 0 Å². The number of allylic oxidation sites excluding steroid dienone is 1. The number of ether oxygens (including phenoxy) is 1. The quantitative estimate of drug-likeness (QED) is 0.593. The summed E-state index contributed by atoms with van der Waals surface area (Å²) in [7, 11) is 2.13. The monoisotopic (exact) mass is 279 g/mol. The minimum Gasteiger partial charge on any atom is -0.475 e. The zero-order valence-corrected chi connectivity index (χ0v) is 12.4. The lowest BCUT2D eigenvalue weighted by atomic mass is 10.1. The standard InChI is InChI=1S/C14H21N3OS/c1-3-4-5-6-10-18-14-13(15-19-16-14)12-8-7-9-17(2)11-12/h4-5,8H,3,6-7,9-11H2,1-2H3/b5-4+. The first-order chi connectivity index (χ1) is 9.31. The van der Waals surface area contributed by atoms with Crippen molar-refractivity contribution in [2.75, 3.05) is 26.7 Å². The molecular formula is C14H21N3OS. The van der Waals surface area contributed by atoms with Gasteiger partial charge in [0.05, 0.1) is 18.3 Å². The van der Waals surface area contributed by atoms with E-state index in [1.165, 1.54) is 17.3 Å². The molecule has 0 spiro atoms. The molecule has 0 saturated carbocycles. The SMILES string of the molecule is CC/C=C/CCOc1nsnc1C1=CCCN(C)C1. The van der Waals surface area contributed by atoms with Gasteiger partial charge in [-0.2, -0.15) is 4.37 Å². The van der Waals surface area contributed by atoms with E-state index < -0.39 is 0 Å². The Bertz CT molecular complexity index is 453. The van der Waals surface area contributed by atoms with E-state index in [9.17, 15) is 0 Å². The summed E-state index contributed by atoms with van der Waals surface area (Å²) in [5.41, 5.74) is 2.16. The van der Waals surface area contributed by atoms with E-state index in [1.54, 1.807) is 0 Å². The largest absolute Gasteiger partial charge is 0.475 e. The lowest BCUT2D eigenvalue weighted by Crippen LogP contribution is -2.25. The Morgan fingerprint density at radius 1 is 1.42 bits per heavy atom. The molecule has 0 aliphatic carbocycles. The number of likely N-dealkylation sites (N-methyl/N-ethyl adjacent to an activating group) is 1. The van der Waals surface area contributed by atoms with Crippen LogP contribution in [0.3, 0.4) is 0 Å². The summed E-state index contributed by atoms with van der Waals surface area (Å²) in [5, 5.41) is 0. The van der Waals surface area contributed by atoms with Gasteiger partial charge in [-0.05, 0) is 31.9 Å². The van der Waals surface area contributed by atoms with Crippen LogP contribution in [0.1, 0.15) is 31.9 Å². The molecule has 104 valence electrons. The lowest BCUT2D eigenvalue weighted by molar-refractivity contribution is 0.312. The molecule has 1 aliphatic rings. The molecule has 0 amide bonds. The van der Waals surface area contributed by atoms with Crippen LogP contribution in [0, 0.1) is 0 Å². The molecule has 0 aromatic carbocycles. The lowest BCUT2D eigenvalue weighted by Gasteiger charge is -2.22. The number of rotatable bonds is 6. The first-order valence-corrected chi connectivity index (χ1v) is 7.52. The summed E-state index contributed by atoms with van der Waals surface area (Å²) < 4.78 is 14.4. The van der Waals surface area contributed by atoms with Crippen molar-refractivity contribution in [2.24, 2.45) is 0 Å². The molecule has 0 fully saturated rings. The summed E-state index contributed by atoms with van der Waals surface area (Å²) in [6.07, 6.45) is 9.62. The van der Waals surface area contributed by atoms with Crippen molar-refractivity contribution in [1.29, 1.82) is 0 Å². The number of aromatic nitrogens is 2. The Hall–Kier alpha value is -1.20. The van der Waals surface area contributed by atoms with Crippen molar-refractivity contribution >= 4 is 17.3 Å². The van der Waals surface area contributed by atoms with Crippen molar-refractivity contribution in [1.82, 2.24) is 13.6 Å². The highest BCUT2D eigenvalue weighted by Gasteiger charge is 2.18. The second-order valence-corrected chi connectivity index (χ2v) is 5.22. The molecule has 0 bridgehead atoms. The molecule has 0 N–H and O–H groups in total. The molecule has 0 atom stereocenters. The van der Waals surface area contributed by atoms with Crippen molar-refractivity contribution < 1.29 is 4.74 Å². The number of hydrogen-bond donors (Lipinski definition) is 0. The van der Waals surface area contributed by atoms with E-state index in [2.05, 4.69) is 45.8 Å². The van der Waals surface area contributed by atoms with Crippen LogP contribution in [0.5, 0.6) is 5.88 Å². The average Bonchev–Trinajstić information content (AvgIpc) is 2.87. The average molecular weight is 279 g/mol. The minimum absolute atomic E-state index is 0.665. The zero-order chi connectivity index (χ0) is 13.5. The van der Waals surface area contributed by atoms with Crippen molar-refractivity contribution in [3.05, 3.63) is 23.9 Å². The van der Waals surface area contributed by atoms with Gasteiger partial charge in [0.1, 0.15) is 5.69 Å². The Morgan fingerprint density at radius 3 is 3.11 bits per heavy atom. The third kappa shape index (κ3) is 4.14. The van der Waals surface area contributed by atoms with Crippen molar-refractivity contribution in [3.8, 4) is 5.88 Å². The van der Waals surface area contributed by atoms with E-state index in [0.717, 1.165) is 38.0 Å². The molecule has 1 aromatic heterocycles. The third-order valence-electron chi connectivity index (χ3n) is 3.03. The molecule has 1 aliphatic heterocycles. The summed E-state index contributed by atoms with van der Waals surface area (Å²) in [4.78, 5) is 2.29. The van der Waals surface area contributed by atoms with Crippen LogP contribution in [-0.2, 0) is 0 Å². The predicted molar refractivity (Wildman–Crippen MR) is 79.5 cm³/mol. The molecule has 4 nitrogen and oxygen atoms in total. The van der Waals surface area contributed by atoms with Gasteiger partial charge in [-0.25, -0.2) is 0 Å². The fourth-order valence-corrected chi connectivity index (χ4v) is 2.58. The van der Waals surface area contributed by atoms with Crippen LogP contribution in [0.15, 0.2) is 18.2 Å². The van der Waals surface area contributed by atoms with Crippen LogP contribution in [0.2, 0.25) is 0 Å². The number of nitrogens with zero attached hydrogens (tertiary/aromatic N) is 3. The second-order valence-electron chi connectivity index (χ2n) is 4.69. The van der Waals surface area contributed by atoms with Gasteiger partial charge in [-0.3, -0.25) is 0 Å². The Morgan fingerprint density at radius 2 is 2.32 bits per heavy atom. The predicted octanol–water partition coefficient (Wildman–Crippen LogP) is 2.99. The molecular weight excluding hydrogens is 258 g/mol. The van der Waals surface area contributed by atoms with Crippen LogP contribution >= 0.6 is 11.7 Å². The van der Waals surface area contributed by atoms with Gasteiger partial charge in [0, 0.05) is 13.1 Å². The minimum atomic E-state index is 0.665. The fourth-order valence-electron chi connectivity index (χ4n) is 2.04. The molecule has 2 rings (SSSR count). The molecule has 0 saturated heterocycles. The molecule has 5 heteroatoms. The van der Waals surface area contributed by atoms with E-state index >= 15 is 0 Å². The van der Waals surface area contributed by atoms with Crippen LogP contribution in [0.25, 0.3) is 5.57 Å². The summed E-state index contributed by atoms with van der Waals surface area (Å²) in [6.45, 7) is 4.83. The van der Waals surface area contributed by atoms with Gasteiger partial charge in [-0.15, -0.1) is 4.37 Å². The van der Waals surface area contributed by atoms with Crippen LogP contribution in [-0.4, -0.2) is 40.4 Å². The molecule has 0 radical (unpaired) electrons. The highest BCUT2D eigenvalue weighted by Crippen LogP contribution is 2.26. The topological polar surface area (TPSA) is 38.3 Å². The highest BCUT2D eigenvalue weighted by molar-refractivity contribution is 6.99. The Labute approximate surface area is 119 Å². The maximum Gasteiger partial charge on any atom is 0.253 e. The van der Waals surface area contributed by atoms with Gasteiger partial charge < -0.3 is 9.64 Å². The second kappa shape index (κ2) is 7.40. The van der Waals surface area contributed by atoms with Gasteiger partial charge in [-0.1, -0.05) is 25.2 Å². The highest BCUT2D eigenvalue weighted by atomic mass is 32.1.